The molecule has 0 heterocycles. The molecule has 1 rings (SSSR count). The number of unbranched alkanes of at least 4 members (excludes halogenated alkanes) is 2. The maximum absolute atomic E-state index is 13.6. The molecule has 0 saturated carbocycles. The molecule has 0 aromatic heterocycles. The Morgan fingerprint density at radius 3 is 1.33 bits per heavy atom. The molecule has 0 atom stereocenters. The second kappa shape index (κ2) is 6.05. The van der Waals surface area contributed by atoms with Crippen molar-refractivity contribution >= 4 is 0 Å². The molecule has 6 heteroatoms. The second-order valence-corrected chi connectivity index (χ2v) is 4.58. The van der Waals surface area contributed by atoms with Gasteiger partial charge in [-0.1, -0.05) is 37.5 Å². The first-order chi connectivity index (χ1) is 9.64. The van der Waals surface area contributed by atoms with Gasteiger partial charge in [0.1, 0.15) is 0 Å². The molecule has 0 fully saturated rings. The Morgan fingerprint density at radius 2 is 1.05 bits per heavy atom. The van der Waals surface area contributed by atoms with Crippen LogP contribution in [0, 0.1) is 23.7 Å². The zero-order valence-electron chi connectivity index (χ0n) is 11.6. The van der Waals surface area contributed by atoms with E-state index in [9.17, 15) is 26.3 Å². The predicted molar refractivity (Wildman–Crippen MR) is 67.2 cm³/mol. The van der Waals surface area contributed by atoms with E-state index in [4.69, 9.17) is 0 Å². The normalized spacial score (nSPS) is 21.3. The topological polar surface area (TPSA) is 0 Å². The molecule has 116 valence electrons. The minimum Gasteiger partial charge on any atom is -0.193 e. The molecule has 1 aliphatic carbocycles. The fourth-order valence-electron chi connectivity index (χ4n) is 1.66. The summed E-state index contributed by atoms with van der Waals surface area (Å²) in [6, 6.07) is 0. The SMILES string of the molecule is CCCC#CC1=C(C#CCCC)C(F)(F)C(F)(F)C1(F)F. The van der Waals surface area contributed by atoms with Gasteiger partial charge in [-0.3, -0.25) is 0 Å². The minimum absolute atomic E-state index is 0.145. The summed E-state index contributed by atoms with van der Waals surface area (Å²) < 4.78 is 81.1. The van der Waals surface area contributed by atoms with Crippen LogP contribution in [0.5, 0.6) is 0 Å². The zero-order valence-corrected chi connectivity index (χ0v) is 11.6. The quantitative estimate of drug-likeness (QED) is 0.507. The molecule has 0 aromatic carbocycles. The smallest absolute Gasteiger partial charge is 0.193 e. The van der Waals surface area contributed by atoms with E-state index in [-0.39, 0.29) is 12.8 Å². The summed E-state index contributed by atoms with van der Waals surface area (Å²) >= 11 is 0. The van der Waals surface area contributed by atoms with E-state index in [0.29, 0.717) is 12.8 Å². The zero-order chi connectivity index (χ0) is 16.3. The van der Waals surface area contributed by atoms with Gasteiger partial charge in [0.05, 0.1) is 11.1 Å². The van der Waals surface area contributed by atoms with E-state index in [0.717, 1.165) is 0 Å². The van der Waals surface area contributed by atoms with Crippen molar-refractivity contribution < 1.29 is 26.3 Å². The lowest BCUT2D eigenvalue weighted by Gasteiger charge is -2.24. The van der Waals surface area contributed by atoms with Crippen LogP contribution in [0.2, 0.25) is 0 Å². The van der Waals surface area contributed by atoms with Crippen molar-refractivity contribution in [1.82, 2.24) is 0 Å². The van der Waals surface area contributed by atoms with Crippen LogP contribution in [-0.2, 0) is 0 Å². The van der Waals surface area contributed by atoms with Crippen LogP contribution < -0.4 is 0 Å². The largest absolute Gasteiger partial charge is 0.382 e. The molecule has 0 radical (unpaired) electrons. The highest BCUT2D eigenvalue weighted by Gasteiger charge is 2.80. The third-order valence-electron chi connectivity index (χ3n) is 2.84. The second-order valence-electron chi connectivity index (χ2n) is 4.58. The molecule has 0 saturated heterocycles. The van der Waals surface area contributed by atoms with Crippen molar-refractivity contribution in [2.45, 2.75) is 57.3 Å². The first kappa shape index (κ1) is 17.5. The number of alkyl halides is 6. The number of hydrogen-bond donors (Lipinski definition) is 0. The lowest BCUT2D eigenvalue weighted by atomic mass is 10.1. The Kier molecular flexibility index (Phi) is 5.04. The Morgan fingerprint density at radius 1 is 0.714 bits per heavy atom. The van der Waals surface area contributed by atoms with Crippen LogP contribution in [-0.4, -0.2) is 17.8 Å². The number of allylic oxidation sites excluding steroid dienone is 2. The summed E-state index contributed by atoms with van der Waals surface area (Å²) in [5, 5.41) is 0. The summed E-state index contributed by atoms with van der Waals surface area (Å²) in [5.41, 5.74) is -3.12. The van der Waals surface area contributed by atoms with Gasteiger partial charge in [-0.05, 0) is 12.8 Å². The summed E-state index contributed by atoms with van der Waals surface area (Å²) in [6.07, 6.45) is 1.28. The summed E-state index contributed by atoms with van der Waals surface area (Å²) in [4.78, 5) is 0. The van der Waals surface area contributed by atoms with Crippen LogP contribution >= 0.6 is 0 Å². The third-order valence-corrected chi connectivity index (χ3v) is 2.84. The van der Waals surface area contributed by atoms with Gasteiger partial charge in [-0.15, -0.1) is 0 Å². The van der Waals surface area contributed by atoms with Crippen molar-refractivity contribution in [1.29, 1.82) is 0 Å². The molecule has 0 unspecified atom stereocenters. The van der Waals surface area contributed by atoms with E-state index in [1.807, 2.05) is 0 Å². The standard InChI is InChI=1S/C15H14F6/c1-3-5-7-9-11-12(10-8-6-4-2)14(18,19)15(20,21)13(11,16)17/h3-6H2,1-2H3. The molecule has 21 heavy (non-hydrogen) atoms. The highest BCUT2D eigenvalue weighted by Crippen LogP contribution is 2.58. The molecule has 0 spiro atoms. The summed E-state index contributed by atoms with van der Waals surface area (Å²) in [5.74, 6) is -7.59. The van der Waals surface area contributed by atoms with E-state index in [1.165, 1.54) is 0 Å². The van der Waals surface area contributed by atoms with Crippen LogP contribution in [0.15, 0.2) is 11.1 Å². The monoisotopic (exact) mass is 308 g/mol. The van der Waals surface area contributed by atoms with Crippen LogP contribution in [0.3, 0.4) is 0 Å². The Balaban J connectivity index is 3.46. The molecule has 0 nitrogen and oxygen atoms in total. The van der Waals surface area contributed by atoms with Gasteiger partial charge in [0.25, 0.3) is 0 Å². The van der Waals surface area contributed by atoms with Gasteiger partial charge >= 0.3 is 17.8 Å². The van der Waals surface area contributed by atoms with Gasteiger partial charge < -0.3 is 0 Å². The van der Waals surface area contributed by atoms with Crippen molar-refractivity contribution in [3.63, 3.8) is 0 Å². The number of halogens is 6. The van der Waals surface area contributed by atoms with Gasteiger partial charge in [0.15, 0.2) is 0 Å². The van der Waals surface area contributed by atoms with E-state index in [1.54, 1.807) is 25.7 Å². The Hall–Kier alpha value is -1.56. The molecule has 0 N–H and O–H groups in total. The average Bonchev–Trinajstić information content (AvgIpc) is 2.48. The first-order valence-corrected chi connectivity index (χ1v) is 6.51. The fourth-order valence-corrected chi connectivity index (χ4v) is 1.66. The maximum Gasteiger partial charge on any atom is 0.382 e. The molecule has 1 aliphatic rings. The van der Waals surface area contributed by atoms with Crippen molar-refractivity contribution in [2.24, 2.45) is 0 Å². The highest BCUT2D eigenvalue weighted by molar-refractivity contribution is 5.57. The predicted octanol–water partition coefficient (Wildman–Crippen LogP) is 4.81. The van der Waals surface area contributed by atoms with Gasteiger partial charge in [0.2, 0.25) is 0 Å². The molecule has 0 aromatic rings. The molecular formula is C15H14F6. The minimum atomic E-state index is -5.52. The lowest BCUT2D eigenvalue weighted by molar-refractivity contribution is -0.263. The Bertz CT molecular complexity index is 500. The van der Waals surface area contributed by atoms with Crippen molar-refractivity contribution in [2.75, 3.05) is 0 Å². The van der Waals surface area contributed by atoms with Crippen LogP contribution in [0.25, 0.3) is 0 Å². The van der Waals surface area contributed by atoms with Crippen LogP contribution in [0.4, 0.5) is 26.3 Å². The van der Waals surface area contributed by atoms with Gasteiger partial charge in [0, 0.05) is 12.8 Å². The van der Waals surface area contributed by atoms with Crippen molar-refractivity contribution in [3.8, 4) is 23.7 Å². The molecule has 0 amide bonds. The van der Waals surface area contributed by atoms with Gasteiger partial charge in [-0.2, -0.15) is 26.3 Å². The van der Waals surface area contributed by atoms with Crippen LogP contribution in [0.1, 0.15) is 39.5 Å². The molecular weight excluding hydrogens is 294 g/mol. The number of rotatable bonds is 2. The number of hydrogen-bond acceptors (Lipinski definition) is 0. The summed E-state index contributed by atoms with van der Waals surface area (Å²) in [6.45, 7) is 3.39. The maximum atomic E-state index is 13.6. The van der Waals surface area contributed by atoms with E-state index < -0.39 is 28.9 Å². The molecule has 0 aliphatic heterocycles. The Labute approximate surface area is 119 Å². The summed E-state index contributed by atoms with van der Waals surface area (Å²) in [7, 11) is 0. The van der Waals surface area contributed by atoms with Crippen molar-refractivity contribution in [3.05, 3.63) is 11.1 Å². The fraction of sp³-hybridized carbons (Fsp3) is 0.600. The van der Waals surface area contributed by atoms with Gasteiger partial charge in [-0.25, -0.2) is 0 Å². The average molecular weight is 308 g/mol. The first-order valence-electron chi connectivity index (χ1n) is 6.51. The third kappa shape index (κ3) is 2.77. The highest BCUT2D eigenvalue weighted by atomic mass is 19.3. The van der Waals surface area contributed by atoms with E-state index >= 15 is 0 Å². The molecule has 0 bridgehead atoms. The lowest BCUT2D eigenvalue weighted by Crippen LogP contribution is -2.49. The van der Waals surface area contributed by atoms with E-state index in [2.05, 4.69) is 11.8 Å².